The van der Waals surface area contributed by atoms with E-state index >= 15 is 0 Å². The molecule has 1 aliphatic rings. The summed E-state index contributed by atoms with van der Waals surface area (Å²) in [6.45, 7) is 4.63. The van der Waals surface area contributed by atoms with E-state index in [2.05, 4.69) is 24.4 Å². The molecule has 2 heterocycles. The Morgan fingerprint density at radius 3 is 2.85 bits per heavy atom. The molecule has 0 saturated carbocycles. The second kappa shape index (κ2) is 3.40. The first-order chi connectivity index (χ1) is 6.29. The van der Waals surface area contributed by atoms with E-state index in [1.54, 1.807) is 0 Å². The Bertz CT molecular complexity index is 266. The topological polar surface area (TPSA) is 35.2 Å². The highest BCUT2D eigenvalue weighted by molar-refractivity contribution is 7.10. The standard InChI is InChI=1S/C10H15NOS/c1-8(5-11)10(6-12-7-10)9-3-2-4-13-9/h2-4,8H,5-7,11H2,1H3. The summed E-state index contributed by atoms with van der Waals surface area (Å²) in [5.41, 5.74) is 5.95. The van der Waals surface area contributed by atoms with Crippen LogP contribution in [-0.2, 0) is 10.2 Å². The number of rotatable bonds is 3. The molecule has 0 radical (unpaired) electrons. The molecule has 1 aliphatic heterocycles. The Hall–Kier alpha value is -0.380. The summed E-state index contributed by atoms with van der Waals surface area (Å²) in [7, 11) is 0. The molecule has 0 bridgehead atoms. The zero-order chi connectivity index (χ0) is 9.31. The van der Waals surface area contributed by atoms with Gasteiger partial charge in [0.15, 0.2) is 0 Å². The van der Waals surface area contributed by atoms with Gasteiger partial charge in [0.1, 0.15) is 0 Å². The van der Waals surface area contributed by atoms with E-state index < -0.39 is 0 Å². The minimum Gasteiger partial charge on any atom is -0.379 e. The molecule has 1 aromatic heterocycles. The molecular weight excluding hydrogens is 182 g/mol. The lowest BCUT2D eigenvalue weighted by atomic mass is 9.73. The fraction of sp³-hybridized carbons (Fsp3) is 0.600. The van der Waals surface area contributed by atoms with E-state index in [-0.39, 0.29) is 5.41 Å². The summed E-state index contributed by atoms with van der Waals surface area (Å²) in [5.74, 6) is 0.514. The first-order valence-corrected chi connectivity index (χ1v) is 5.49. The van der Waals surface area contributed by atoms with Gasteiger partial charge in [0.25, 0.3) is 0 Å². The van der Waals surface area contributed by atoms with Crippen molar-refractivity contribution in [1.82, 2.24) is 0 Å². The summed E-state index contributed by atoms with van der Waals surface area (Å²) >= 11 is 1.81. The fourth-order valence-corrected chi connectivity index (χ4v) is 2.79. The third-order valence-corrected chi connectivity index (χ3v) is 4.12. The van der Waals surface area contributed by atoms with Crippen LogP contribution in [0.25, 0.3) is 0 Å². The monoisotopic (exact) mass is 197 g/mol. The van der Waals surface area contributed by atoms with E-state index in [1.807, 2.05) is 11.3 Å². The molecule has 72 valence electrons. The lowest BCUT2D eigenvalue weighted by molar-refractivity contribution is -0.0834. The molecule has 2 nitrogen and oxygen atoms in total. The molecule has 0 aliphatic carbocycles. The van der Waals surface area contributed by atoms with Crippen molar-refractivity contribution < 1.29 is 4.74 Å². The minimum absolute atomic E-state index is 0.225. The van der Waals surface area contributed by atoms with Crippen molar-refractivity contribution in [3.05, 3.63) is 22.4 Å². The second-order valence-electron chi connectivity index (χ2n) is 3.76. The highest BCUT2D eigenvalue weighted by Gasteiger charge is 2.45. The van der Waals surface area contributed by atoms with Crippen molar-refractivity contribution in [2.45, 2.75) is 12.3 Å². The molecule has 1 fully saturated rings. The smallest absolute Gasteiger partial charge is 0.0596 e. The molecule has 0 amide bonds. The zero-order valence-corrected chi connectivity index (χ0v) is 8.64. The average molecular weight is 197 g/mol. The first-order valence-electron chi connectivity index (χ1n) is 4.61. The quantitative estimate of drug-likeness (QED) is 0.799. The van der Waals surface area contributed by atoms with Gasteiger partial charge in [-0.1, -0.05) is 13.0 Å². The maximum atomic E-state index is 5.72. The van der Waals surface area contributed by atoms with Gasteiger partial charge in [-0.2, -0.15) is 0 Å². The van der Waals surface area contributed by atoms with Crippen molar-refractivity contribution in [3.63, 3.8) is 0 Å². The summed E-state index contributed by atoms with van der Waals surface area (Å²) in [4.78, 5) is 1.43. The second-order valence-corrected chi connectivity index (χ2v) is 4.71. The van der Waals surface area contributed by atoms with Crippen molar-refractivity contribution in [2.75, 3.05) is 19.8 Å². The lowest BCUT2D eigenvalue weighted by Gasteiger charge is -2.45. The van der Waals surface area contributed by atoms with Gasteiger partial charge in [-0.25, -0.2) is 0 Å². The molecule has 1 aromatic rings. The van der Waals surface area contributed by atoms with Crippen molar-refractivity contribution in [2.24, 2.45) is 11.7 Å². The van der Waals surface area contributed by atoms with Crippen LogP contribution in [-0.4, -0.2) is 19.8 Å². The van der Waals surface area contributed by atoms with Gasteiger partial charge in [0, 0.05) is 4.88 Å². The Morgan fingerprint density at radius 2 is 2.46 bits per heavy atom. The molecule has 3 heteroatoms. The zero-order valence-electron chi connectivity index (χ0n) is 7.82. The largest absolute Gasteiger partial charge is 0.379 e. The fourth-order valence-electron chi connectivity index (χ4n) is 1.78. The van der Waals surface area contributed by atoms with Crippen LogP contribution in [0.5, 0.6) is 0 Å². The van der Waals surface area contributed by atoms with E-state index in [4.69, 9.17) is 10.5 Å². The predicted molar refractivity (Wildman–Crippen MR) is 55.0 cm³/mol. The Labute approximate surface area is 82.7 Å². The normalized spacial score (nSPS) is 22.3. The van der Waals surface area contributed by atoms with Gasteiger partial charge >= 0.3 is 0 Å². The maximum Gasteiger partial charge on any atom is 0.0596 e. The van der Waals surface area contributed by atoms with E-state index in [1.165, 1.54) is 4.88 Å². The first kappa shape index (κ1) is 9.19. The molecule has 1 unspecified atom stereocenters. The van der Waals surface area contributed by atoms with E-state index in [0.29, 0.717) is 5.92 Å². The van der Waals surface area contributed by atoms with Crippen molar-refractivity contribution in [1.29, 1.82) is 0 Å². The van der Waals surface area contributed by atoms with Crippen LogP contribution in [0.1, 0.15) is 11.8 Å². The molecule has 13 heavy (non-hydrogen) atoms. The third kappa shape index (κ3) is 1.31. The van der Waals surface area contributed by atoms with Gasteiger partial charge in [0.2, 0.25) is 0 Å². The van der Waals surface area contributed by atoms with Crippen LogP contribution < -0.4 is 5.73 Å². The van der Waals surface area contributed by atoms with Crippen LogP contribution in [0.15, 0.2) is 17.5 Å². The van der Waals surface area contributed by atoms with E-state index in [0.717, 1.165) is 19.8 Å². The molecular formula is C10H15NOS. The Morgan fingerprint density at radius 1 is 1.69 bits per heavy atom. The minimum atomic E-state index is 0.225. The summed E-state index contributed by atoms with van der Waals surface area (Å²) in [6, 6.07) is 4.29. The average Bonchev–Trinajstić information content (AvgIpc) is 2.55. The van der Waals surface area contributed by atoms with Crippen LogP contribution >= 0.6 is 11.3 Å². The number of hydrogen-bond acceptors (Lipinski definition) is 3. The van der Waals surface area contributed by atoms with Gasteiger partial charge < -0.3 is 10.5 Å². The number of thiophene rings is 1. The molecule has 1 atom stereocenters. The van der Waals surface area contributed by atoms with Gasteiger partial charge in [-0.3, -0.25) is 0 Å². The van der Waals surface area contributed by atoms with Crippen molar-refractivity contribution in [3.8, 4) is 0 Å². The molecule has 2 rings (SSSR count). The Balaban J connectivity index is 2.25. The van der Waals surface area contributed by atoms with Gasteiger partial charge in [0.05, 0.1) is 18.6 Å². The van der Waals surface area contributed by atoms with E-state index in [9.17, 15) is 0 Å². The van der Waals surface area contributed by atoms with Crippen molar-refractivity contribution >= 4 is 11.3 Å². The number of ether oxygens (including phenoxy) is 1. The van der Waals surface area contributed by atoms with Crippen LogP contribution in [0, 0.1) is 5.92 Å². The molecule has 0 aromatic carbocycles. The Kier molecular flexibility index (Phi) is 2.41. The van der Waals surface area contributed by atoms with Gasteiger partial charge in [-0.05, 0) is 23.9 Å². The predicted octanol–water partition coefficient (Wildman–Crippen LogP) is 1.61. The SMILES string of the molecule is CC(CN)C1(c2cccs2)COC1. The number of nitrogens with two attached hydrogens (primary N) is 1. The van der Waals surface area contributed by atoms with Crippen LogP contribution in [0.3, 0.4) is 0 Å². The maximum absolute atomic E-state index is 5.72. The van der Waals surface area contributed by atoms with Gasteiger partial charge in [-0.15, -0.1) is 11.3 Å². The number of hydrogen-bond donors (Lipinski definition) is 1. The van der Waals surface area contributed by atoms with Crippen LogP contribution in [0.2, 0.25) is 0 Å². The third-order valence-electron chi connectivity index (χ3n) is 3.03. The summed E-state index contributed by atoms with van der Waals surface area (Å²) < 4.78 is 5.34. The molecule has 1 saturated heterocycles. The highest BCUT2D eigenvalue weighted by atomic mass is 32.1. The summed E-state index contributed by atoms with van der Waals surface area (Å²) in [5, 5.41) is 2.12. The highest BCUT2D eigenvalue weighted by Crippen LogP contribution is 2.41. The summed E-state index contributed by atoms with van der Waals surface area (Å²) in [6.07, 6.45) is 0. The molecule has 2 N–H and O–H groups in total. The lowest BCUT2D eigenvalue weighted by Crippen LogP contribution is -2.53. The molecule has 0 spiro atoms. The van der Waals surface area contributed by atoms with Crippen LogP contribution in [0.4, 0.5) is 0 Å².